The van der Waals surface area contributed by atoms with Crippen LogP contribution in [-0.4, -0.2) is 48.1 Å². The molecule has 0 saturated carbocycles. The molecule has 0 spiro atoms. The molecular formula is C19H29NO3S. The maximum Gasteiger partial charge on any atom is 0.254 e. The Labute approximate surface area is 149 Å². The second-order valence-electron chi connectivity index (χ2n) is 7.14. The van der Waals surface area contributed by atoms with Crippen LogP contribution in [0.1, 0.15) is 50.4 Å². The van der Waals surface area contributed by atoms with Crippen LogP contribution in [0.2, 0.25) is 0 Å². The Morgan fingerprint density at radius 1 is 1.21 bits per heavy atom. The first-order valence-electron chi connectivity index (χ1n) is 8.52. The van der Waals surface area contributed by atoms with Crippen LogP contribution < -0.4 is 9.47 Å². The Bertz CT molecular complexity index is 568. The Kier molecular flexibility index (Phi) is 6.44. The number of nitrogens with zero attached hydrogens (tertiary/aromatic N) is 1. The van der Waals surface area contributed by atoms with E-state index < -0.39 is 0 Å². The van der Waals surface area contributed by atoms with Gasteiger partial charge < -0.3 is 14.4 Å². The zero-order valence-corrected chi connectivity index (χ0v) is 16.2. The van der Waals surface area contributed by atoms with E-state index in [0.29, 0.717) is 23.1 Å². The SMILES string of the molecule is COc1ccc(C(=O)N2CCCC[C@H]2CSC(C)(C)C)cc1OC. The fourth-order valence-electron chi connectivity index (χ4n) is 2.92. The van der Waals surface area contributed by atoms with E-state index in [-0.39, 0.29) is 10.7 Å². The number of hydrogen-bond acceptors (Lipinski definition) is 4. The quantitative estimate of drug-likeness (QED) is 0.796. The predicted molar refractivity (Wildman–Crippen MR) is 100 cm³/mol. The van der Waals surface area contributed by atoms with Gasteiger partial charge in [-0.1, -0.05) is 20.8 Å². The smallest absolute Gasteiger partial charge is 0.254 e. The summed E-state index contributed by atoms with van der Waals surface area (Å²) in [5.74, 6) is 2.33. The number of thioether (sulfide) groups is 1. The molecule has 0 radical (unpaired) electrons. The normalized spacial score (nSPS) is 18.4. The molecule has 4 nitrogen and oxygen atoms in total. The van der Waals surface area contributed by atoms with Gasteiger partial charge in [-0.3, -0.25) is 4.79 Å². The van der Waals surface area contributed by atoms with Gasteiger partial charge in [0.2, 0.25) is 0 Å². The van der Waals surface area contributed by atoms with Crippen LogP contribution in [0.25, 0.3) is 0 Å². The van der Waals surface area contributed by atoms with E-state index in [4.69, 9.17) is 9.47 Å². The minimum absolute atomic E-state index is 0.0927. The Hall–Kier alpha value is -1.36. The summed E-state index contributed by atoms with van der Waals surface area (Å²) in [6, 6.07) is 5.72. The zero-order valence-electron chi connectivity index (χ0n) is 15.4. The molecule has 5 heteroatoms. The largest absolute Gasteiger partial charge is 0.493 e. The summed E-state index contributed by atoms with van der Waals surface area (Å²) in [6.45, 7) is 7.51. The molecule has 134 valence electrons. The average Bonchev–Trinajstić information content (AvgIpc) is 2.58. The number of carbonyl (C=O) groups excluding carboxylic acids is 1. The molecule has 0 bridgehead atoms. The highest BCUT2D eigenvalue weighted by molar-refractivity contribution is 8.00. The standard InChI is InChI=1S/C19H29NO3S/c1-19(2,3)24-13-15-8-6-7-11-20(15)18(21)14-9-10-16(22-4)17(12-14)23-5/h9-10,12,15H,6-8,11,13H2,1-5H3/t15-/m0/s1. The summed E-state index contributed by atoms with van der Waals surface area (Å²) >= 11 is 1.93. The molecule has 1 fully saturated rings. The van der Waals surface area contributed by atoms with Crippen LogP contribution in [-0.2, 0) is 0 Å². The van der Waals surface area contributed by atoms with E-state index in [9.17, 15) is 4.79 Å². The first-order valence-corrected chi connectivity index (χ1v) is 9.51. The van der Waals surface area contributed by atoms with Crippen molar-refractivity contribution in [2.75, 3.05) is 26.5 Å². The third-order valence-electron chi connectivity index (χ3n) is 4.23. The lowest BCUT2D eigenvalue weighted by Crippen LogP contribution is -2.45. The van der Waals surface area contributed by atoms with Gasteiger partial charge >= 0.3 is 0 Å². The summed E-state index contributed by atoms with van der Waals surface area (Å²) in [5, 5.41) is 0. The van der Waals surface area contributed by atoms with Crippen LogP contribution >= 0.6 is 11.8 Å². The molecule has 1 aromatic carbocycles. The van der Waals surface area contributed by atoms with Crippen molar-refractivity contribution in [1.29, 1.82) is 0 Å². The minimum Gasteiger partial charge on any atom is -0.493 e. The number of ether oxygens (including phenoxy) is 2. The van der Waals surface area contributed by atoms with Crippen molar-refractivity contribution in [3.05, 3.63) is 23.8 Å². The fraction of sp³-hybridized carbons (Fsp3) is 0.632. The van der Waals surface area contributed by atoms with E-state index in [2.05, 4.69) is 20.8 Å². The first kappa shape index (κ1) is 19.0. The molecule has 1 amide bonds. The summed E-state index contributed by atoms with van der Waals surface area (Å²) in [5.41, 5.74) is 0.667. The lowest BCUT2D eigenvalue weighted by atomic mass is 10.0. The molecule has 24 heavy (non-hydrogen) atoms. The monoisotopic (exact) mass is 351 g/mol. The van der Waals surface area contributed by atoms with Gasteiger partial charge in [0, 0.05) is 28.6 Å². The van der Waals surface area contributed by atoms with Crippen LogP contribution in [0.3, 0.4) is 0 Å². The van der Waals surface area contributed by atoms with Crippen LogP contribution in [0, 0.1) is 0 Å². The Morgan fingerprint density at radius 2 is 1.92 bits per heavy atom. The summed E-state index contributed by atoms with van der Waals surface area (Å²) in [6.07, 6.45) is 3.36. The Morgan fingerprint density at radius 3 is 2.54 bits per heavy atom. The van der Waals surface area contributed by atoms with Gasteiger partial charge in [-0.2, -0.15) is 11.8 Å². The summed E-state index contributed by atoms with van der Waals surface area (Å²) < 4.78 is 10.8. The summed E-state index contributed by atoms with van der Waals surface area (Å²) in [7, 11) is 3.19. The minimum atomic E-state index is 0.0927. The van der Waals surface area contributed by atoms with E-state index >= 15 is 0 Å². The number of hydrogen-bond donors (Lipinski definition) is 0. The highest BCUT2D eigenvalue weighted by atomic mass is 32.2. The molecule has 0 unspecified atom stereocenters. The van der Waals surface area contributed by atoms with E-state index in [1.807, 2.05) is 22.7 Å². The van der Waals surface area contributed by atoms with Crippen LogP contribution in [0.4, 0.5) is 0 Å². The van der Waals surface area contributed by atoms with E-state index in [0.717, 1.165) is 25.1 Å². The molecule has 1 heterocycles. The fourth-order valence-corrected chi connectivity index (χ4v) is 3.96. The second kappa shape index (κ2) is 8.15. The average molecular weight is 352 g/mol. The van der Waals surface area contributed by atoms with Gasteiger partial charge in [0.25, 0.3) is 5.91 Å². The maximum absolute atomic E-state index is 13.0. The topological polar surface area (TPSA) is 38.8 Å². The van der Waals surface area contributed by atoms with Gasteiger partial charge in [0.05, 0.1) is 14.2 Å². The van der Waals surface area contributed by atoms with Gasteiger partial charge in [-0.05, 0) is 37.5 Å². The number of methoxy groups -OCH3 is 2. The maximum atomic E-state index is 13.0. The Balaban J connectivity index is 2.16. The van der Waals surface area contributed by atoms with Crippen molar-refractivity contribution < 1.29 is 14.3 Å². The lowest BCUT2D eigenvalue weighted by molar-refractivity contribution is 0.0640. The lowest BCUT2D eigenvalue weighted by Gasteiger charge is -2.37. The molecule has 2 rings (SSSR count). The number of amides is 1. The van der Waals surface area contributed by atoms with Crippen molar-refractivity contribution in [3.63, 3.8) is 0 Å². The molecule has 1 aliphatic rings. The molecule has 0 N–H and O–H groups in total. The van der Waals surface area contributed by atoms with Crippen LogP contribution in [0.15, 0.2) is 18.2 Å². The number of likely N-dealkylation sites (tertiary alicyclic amines) is 1. The van der Waals surface area contributed by atoms with E-state index in [1.54, 1.807) is 26.4 Å². The molecule has 1 saturated heterocycles. The van der Waals surface area contributed by atoms with Crippen LogP contribution in [0.5, 0.6) is 11.5 Å². The number of carbonyl (C=O) groups is 1. The van der Waals surface area contributed by atoms with E-state index in [1.165, 1.54) is 6.42 Å². The van der Waals surface area contributed by atoms with Gasteiger partial charge in [0.15, 0.2) is 11.5 Å². The van der Waals surface area contributed by atoms with Crippen molar-refractivity contribution in [1.82, 2.24) is 4.90 Å². The van der Waals surface area contributed by atoms with Crippen molar-refractivity contribution in [2.45, 2.75) is 50.8 Å². The summed E-state index contributed by atoms with van der Waals surface area (Å²) in [4.78, 5) is 15.1. The molecule has 0 aliphatic carbocycles. The molecular weight excluding hydrogens is 322 g/mol. The number of rotatable bonds is 5. The van der Waals surface area contributed by atoms with Crippen molar-refractivity contribution in [3.8, 4) is 11.5 Å². The zero-order chi connectivity index (χ0) is 17.7. The number of piperidine rings is 1. The second-order valence-corrected chi connectivity index (χ2v) is 8.99. The molecule has 0 aromatic heterocycles. The first-order chi connectivity index (χ1) is 11.4. The van der Waals surface area contributed by atoms with Gasteiger partial charge in [-0.25, -0.2) is 0 Å². The third kappa shape index (κ3) is 4.82. The molecule has 1 aromatic rings. The van der Waals surface area contributed by atoms with Crippen molar-refractivity contribution >= 4 is 17.7 Å². The number of benzene rings is 1. The van der Waals surface area contributed by atoms with Gasteiger partial charge in [-0.15, -0.1) is 0 Å². The van der Waals surface area contributed by atoms with Crippen molar-refractivity contribution in [2.24, 2.45) is 0 Å². The molecule has 1 aliphatic heterocycles. The third-order valence-corrected chi connectivity index (χ3v) is 5.64. The molecule has 1 atom stereocenters. The highest BCUT2D eigenvalue weighted by Crippen LogP contribution is 2.31. The van der Waals surface area contributed by atoms with Gasteiger partial charge in [0.1, 0.15) is 0 Å². The predicted octanol–water partition coefficient (Wildman–Crippen LogP) is 4.23. The highest BCUT2D eigenvalue weighted by Gasteiger charge is 2.29.